The van der Waals surface area contributed by atoms with Crippen molar-refractivity contribution in [2.24, 2.45) is 0 Å². The van der Waals surface area contributed by atoms with Crippen molar-refractivity contribution in [3.8, 4) is 0 Å². The number of benzene rings is 2. The first-order chi connectivity index (χ1) is 10.8. The highest BCUT2D eigenvalue weighted by atomic mass is 15.2. The van der Waals surface area contributed by atoms with E-state index in [1.165, 1.54) is 10.8 Å². The average molecular weight is 291 g/mol. The van der Waals surface area contributed by atoms with Crippen molar-refractivity contribution in [3.05, 3.63) is 60.8 Å². The normalized spacial score (nSPS) is 10.6. The largest absolute Gasteiger partial charge is 0.357 e. The Hall–Kier alpha value is -2.55. The Bertz CT molecular complexity index is 749. The second kappa shape index (κ2) is 6.48. The van der Waals surface area contributed by atoms with Gasteiger partial charge in [0, 0.05) is 41.4 Å². The molecule has 1 aromatic heterocycles. The summed E-state index contributed by atoms with van der Waals surface area (Å²) in [6.07, 6.45) is 1.90. The fourth-order valence-corrected chi connectivity index (χ4v) is 2.75. The molecule has 0 saturated carbocycles. The van der Waals surface area contributed by atoms with Gasteiger partial charge in [-0.15, -0.1) is 0 Å². The Morgan fingerprint density at radius 1 is 0.864 bits per heavy atom. The SMILES string of the molecule is CCN(CC)c1nccc2c(Nc3ccccc3)cccc12. The van der Waals surface area contributed by atoms with Crippen LogP contribution in [0.3, 0.4) is 0 Å². The first-order valence-corrected chi connectivity index (χ1v) is 7.78. The van der Waals surface area contributed by atoms with Gasteiger partial charge in [-0.3, -0.25) is 0 Å². The monoisotopic (exact) mass is 291 g/mol. The van der Waals surface area contributed by atoms with Gasteiger partial charge in [-0.1, -0.05) is 30.3 Å². The summed E-state index contributed by atoms with van der Waals surface area (Å²) >= 11 is 0. The zero-order chi connectivity index (χ0) is 15.4. The lowest BCUT2D eigenvalue weighted by molar-refractivity contribution is 0.852. The summed E-state index contributed by atoms with van der Waals surface area (Å²) in [6, 6.07) is 18.7. The third-order valence-electron chi connectivity index (χ3n) is 3.90. The predicted molar refractivity (Wildman–Crippen MR) is 95.0 cm³/mol. The van der Waals surface area contributed by atoms with Crippen molar-refractivity contribution >= 4 is 28.0 Å². The van der Waals surface area contributed by atoms with Crippen LogP contribution >= 0.6 is 0 Å². The Morgan fingerprint density at radius 3 is 2.36 bits per heavy atom. The van der Waals surface area contributed by atoms with E-state index < -0.39 is 0 Å². The van der Waals surface area contributed by atoms with Crippen molar-refractivity contribution in [3.63, 3.8) is 0 Å². The minimum atomic E-state index is 0.957. The Balaban J connectivity index is 2.08. The second-order valence-corrected chi connectivity index (χ2v) is 5.20. The van der Waals surface area contributed by atoms with Gasteiger partial charge in [0.05, 0.1) is 0 Å². The Morgan fingerprint density at radius 2 is 1.64 bits per heavy atom. The average Bonchev–Trinajstić information content (AvgIpc) is 2.57. The fourth-order valence-electron chi connectivity index (χ4n) is 2.75. The van der Waals surface area contributed by atoms with E-state index in [0.29, 0.717) is 0 Å². The molecule has 0 aliphatic heterocycles. The number of nitrogens with one attached hydrogen (secondary N) is 1. The van der Waals surface area contributed by atoms with Gasteiger partial charge in [0.2, 0.25) is 0 Å². The van der Waals surface area contributed by atoms with E-state index in [0.717, 1.165) is 30.3 Å². The quantitative estimate of drug-likeness (QED) is 0.730. The van der Waals surface area contributed by atoms with Crippen LogP contribution in [0.25, 0.3) is 10.8 Å². The van der Waals surface area contributed by atoms with Gasteiger partial charge in [0.15, 0.2) is 0 Å². The molecule has 3 aromatic rings. The van der Waals surface area contributed by atoms with E-state index in [4.69, 9.17) is 0 Å². The second-order valence-electron chi connectivity index (χ2n) is 5.20. The highest BCUT2D eigenvalue weighted by Crippen LogP contribution is 2.31. The minimum Gasteiger partial charge on any atom is -0.357 e. The van der Waals surface area contributed by atoms with Crippen LogP contribution in [0.4, 0.5) is 17.2 Å². The molecule has 3 nitrogen and oxygen atoms in total. The maximum atomic E-state index is 4.60. The number of nitrogens with zero attached hydrogens (tertiary/aromatic N) is 2. The molecule has 0 fully saturated rings. The summed E-state index contributed by atoms with van der Waals surface area (Å²) in [7, 11) is 0. The number of pyridine rings is 1. The topological polar surface area (TPSA) is 28.2 Å². The lowest BCUT2D eigenvalue weighted by Gasteiger charge is -2.22. The number of hydrogen-bond acceptors (Lipinski definition) is 3. The summed E-state index contributed by atoms with van der Waals surface area (Å²) in [5.41, 5.74) is 2.20. The number of aromatic nitrogens is 1. The highest BCUT2D eigenvalue weighted by molar-refractivity contribution is 6.01. The van der Waals surface area contributed by atoms with Gasteiger partial charge in [-0.05, 0) is 38.1 Å². The molecular formula is C19H21N3. The van der Waals surface area contributed by atoms with Crippen molar-refractivity contribution in [1.29, 1.82) is 0 Å². The van der Waals surface area contributed by atoms with Crippen LogP contribution in [0.2, 0.25) is 0 Å². The van der Waals surface area contributed by atoms with E-state index in [2.05, 4.69) is 65.4 Å². The molecule has 0 unspecified atom stereocenters. The van der Waals surface area contributed by atoms with Gasteiger partial charge >= 0.3 is 0 Å². The number of para-hydroxylation sites is 1. The van der Waals surface area contributed by atoms with Gasteiger partial charge in [0.25, 0.3) is 0 Å². The summed E-state index contributed by atoms with van der Waals surface area (Å²) in [4.78, 5) is 6.88. The third kappa shape index (κ3) is 2.75. The van der Waals surface area contributed by atoms with E-state index in [-0.39, 0.29) is 0 Å². The minimum absolute atomic E-state index is 0.957. The van der Waals surface area contributed by atoms with E-state index in [1.54, 1.807) is 0 Å². The van der Waals surface area contributed by atoms with Gasteiger partial charge in [-0.2, -0.15) is 0 Å². The number of rotatable bonds is 5. The molecule has 1 heterocycles. The molecule has 0 aliphatic carbocycles. The van der Waals surface area contributed by atoms with Crippen molar-refractivity contribution in [1.82, 2.24) is 4.98 Å². The third-order valence-corrected chi connectivity index (χ3v) is 3.90. The molecule has 0 saturated heterocycles. The van der Waals surface area contributed by atoms with Crippen LogP contribution in [0.15, 0.2) is 60.8 Å². The van der Waals surface area contributed by atoms with Gasteiger partial charge in [0.1, 0.15) is 5.82 Å². The first kappa shape index (κ1) is 14.4. The molecule has 0 aliphatic rings. The highest BCUT2D eigenvalue weighted by Gasteiger charge is 2.10. The van der Waals surface area contributed by atoms with Gasteiger partial charge in [-0.25, -0.2) is 4.98 Å². The molecule has 0 amide bonds. The van der Waals surface area contributed by atoms with E-state index >= 15 is 0 Å². The molecule has 112 valence electrons. The number of fused-ring (bicyclic) bond motifs is 1. The molecule has 0 radical (unpaired) electrons. The molecular weight excluding hydrogens is 270 g/mol. The number of anilines is 3. The van der Waals surface area contributed by atoms with Crippen LogP contribution in [0.1, 0.15) is 13.8 Å². The van der Waals surface area contributed by atoms with Crippen LogP contribution < -0.4 is 10.2 Å². The maximum Gasteiger partial charge on any atom is 0.136 e. The standard InChI is InChI=1S/C19H21N3/c1-3-22(4-2)19-17-11-8-12-18(16(17)13-14-20-19)21-15-9-6-5-7-10-15/h5-14,21H,3-4H2,1-2H3. The van der Waals surface area contributed by atoms with Crippen LogP contribution in [-0.4, -0.2) is 18.1 Å². The van der Waals surface area contributed by atoms with Crippen molar-refractivity contribution < 1.29 is 0 Å². The molecule has 1 N–H and O–H groups in total. The Kier molecular flexibility index (Phi) is 4.24. The molecule has 0 spiro atoms. The molecule has 3 heteroatoms. The fraction of sp³-hybridized carbons (Fsp3) is 0.211. The molecule has 3 rings (SSSR count). The summed E-state index contributed by atoms with van der Waals surface area (Å²) in [6.45, 7) is 6.24. The lowest BCUT2D eigenvalue weighted by Crippen LogP contribution is -2.23. The van der Waals surface area contributed by atoms with Crippen molar-refractivity contribution in [2.45, 2.75) is 13.8 Å². The summed E-state index contributed by atoms with van der Waals surface area (Å²) < 4.78 is 0. The number of hydrogen-bond donors (Lipinski definition) is 1. The van der Waals surface area contributed by atoms with Crippen LogP contribution in [0, 0.1) is 0 Å². The zero-order valence-electron chi connectivity index (χ0n) is 13.1. The smallest absolute Gasteiger partial charge is 0.136 e. The van der Waals surface area contributed by atoms with Crippen molar-refractivity contribution in [2.75, 3.05) is 23.3 Å². The predicted octanol–water partition coefficient (Wildman–Crippen LogP) is 4.82. The van der Waals surface area contributed by atoms with Crippen LogP contribution in [0.5, 0.6) is 0 Å². The molecule has 0 bridgehead atoms. The summed E-state index contributed by atoms with van der Waals surface area (Å²) in [5, 5.41) is 5.89. The maximum absolute atomic E-state index is 4.60. The van der Waals surface area contributed by atoms with Gasteiger partial charge < -0.3 is 10.2 Å². The van der Waals surface area contributed by atoms with E-state index in [9.17, 15) is 0 Å². The molecule has 22 heavy (non-hydrogen) atoms. The molecule has 2 aromatic carbocycles. The van der Waals surface area contributed by atoms with Crippen LogP contribution in [-0.2, 0) is 0 Å². The first-order valence-electron chi connectivity index (χ1n) is 7.78. The Labute approximate surface area is 131 Å². The lowest BCUT2D eigenvalue weighted by atomic mass is 10.1. The zero-order valence-corrected chi connectivity index (χ0v) is 13.1. The van der Waals surface area contributed by atoms with E-state index in [1.807, 2.05) is 24.4 Å². The summed E-state index contributed by atoms with van der Waals surface area (Å²) in [5.74, 6) is 1.05. The molecule has 0 atom stereocenters.